The third kappa shape index (κ3) is 5.71. The first-order valence-electron chi connectivity index (χ1n) is 12.5. The molecule has 0 bridgehead atoms. The first-order valence-corrected chi connectivity index (χ1v) is 14.4. The minimum atomic E-state index is -3.76. The van der Waals surface area contributed by atoms with E-state index in [1.807, 2.05) is 62.4 Å². The number of thiocarbonyl (C=S) groups is 1. The molecular weight excluding hydrogens is 534 g/mol. The van der Waals surface area contributed by atoms with Crippen molar-refractivity contribution < 1.29 is 18.3 Å². The zero-order valence-corrected chi connectivity index (χ0v) is 23.3. The Hall–Kier alpha value is -3.64. The molecule has 4 aromatic rings. The van der Waals surface area contributed by atoms with Gasteiger partial charge in [-0.1, -0.05) is 48.0 Å². The predicted octanol–water partition coefficient (Wildman–Crippen LogP) is 5.51. The number of hydrogen-bond donors (Lipinski definition) is 2. The summed E-state index contributed by atoms with van der Waals surface area (Å²) in [4.78, 5) is 0.112. The number of aromatic nitrogens is 1. The Morgan fingerprint density at radius 2 is 1.77 bits per heavy atom. The van der Waals surface area contributed by atoms with Gasteiger partial charge in [0.1, 0.15) is 0 Å². The van der Waals surface area contributed by atoms with E-state index in [0.29, 0.717) is 30.7 Å². The molecule has 9 nitrogen and oxygen atoms in total. The number of ether oxygens (including phenoxy) is 1. The quantitative estimate of drug-likeness (QED) is 0.236. The van der Waals surface area contributed by atoms with Crippen molar-refractivity contribution in [3.63, 3.8) is 0 Å². The molecule has 202 valence electrons. The van der Waals surface area contributed by atoms with Gasteiger partial charge in [-0.05, 0) is 61.5 Å². The van der Waals surface area contributed by atoms with Crippen LogP contribution < -0.4 is 5.32 Å². The predicted molar refractivity (Wildman–Crippen MR) is 155 cm³/mol. The number of anilines is 1. The van der Waals surface area contributed by atoms with Crippen molar-refractivity contribution in [2.24, 2.45) is 10.2 Å². The van der Waals surface area contributed by atoms with Crippen LogP contribution in [0.15, 0.2) is 81.9 Å². The van der Waals surface area contributed by atoms with E-state index in [2.05, 4.69) is 15.5 Å². The van der Waals surface area contributed by atoms with Gasteiger partial charge in [0, 0.05) is 24.2 Å². The van der Waals surface area contributed by atoms with E-state index < -0.39 is 10.0 Å². The maximum atomic E-state index is 13.4. The molecular formula is C28H29N5O4S2. The molecule has 2 N–H and O–H groups in total. The van der Waals surface area contributed by atoms with E-state index in [0.717, 1.165) is 22.4 Å². The van der Waals surface area contributed by atoms with Crippen LogP contribution in [0.3, 0.4) is 0 Å². The first-order chi connectivity index (χ1) is 18.7. The maximum Gasteiger partial charge on any atom is 0.243 e. The van der Waals surface area contributed by atoms with Crippen LogP contribution in [-0.2, 0) is 21.3 Å². The minimum absolute atomic E-state index is 0.111. The molecule has 1 aliphatic heterocycles. The van der Waals surface area contributed by atoms with Crippen LogP contribution in [0, 0.1) is 13.8 Å². The lowest BCUT2D eigenvalue weighted by Crippen LogP contribution is -2.40. The second-order valence-electron chi connectivity index (χ2n) is 9.38. The van der Waals surface area contributed by atoms with E-state index >= 15 is 0 Å². The number of aromatic hydroxyl groups is 1. The van der Waals surface area contributed by atoms with Gasteiger partial charge in [-0.15, -0.1) is 10.2 Å². The molecule has 1 aliphatic rings. The third-order valence-corrected chi connectivity index (χ3v) is 8.76. The van der Waals surface area contributed by atoms with Crippen molar-refractivity contribution in [3.05, 3.63) is 83.4 Å². The summed E-state index contributed by atoms with van der Waals surface area (Å²) in [7, 11) is -3.76. The number of nitrogens with zero attached hydrogens (tertiary/aromatic N) is 4. The highest BCUT2D eigenvalue weighted by Crippen LogP contribution is 2.41. The highest BCUT2D eigenvalue weighted by atomic mass is 32.2. The first kappa shape index (κ1) is 26.9. The standard InChI is InChI=1S/C28H29N5O4S2/c1-19-7-9-21(10-8-19)18-33-25-12-11-22(39(35,36)32-13-15-37-16-14-32)17-23(25)26(27(33)34)30-31-28(38)29-24-6-4-3-5-20(24)2/h3-12,17,34H,13-16,18H2,1-2H3,(H,29,38). The topological polar surface area (TPSA) is 109 Å². The van der Waals surface area contributed by atoms with E-state index in [9.17, 15) is 13.5 Å². The fourth-order valence-corrected chi connectivity index (χ4v) is 6.07. The monoisotopic (exact) mass is 563 g/mol. The summed E-state index contributed by atoms with van der Waals surface area (Å²) in [6, 6.07) is 20.4. The second-order valence-corrected chi connectivity index (χ2v) is 11.7. The van der Waals surface area contributed by atoms with Gasteiger partial charge in [0.2, 0.25) is 21.0 Å². The van der Waals surface area contributed by atoms with Crippen molar-refractivity contribution in [2.75, 3.05) is 31.6 Å². The number of rotatable bonds is 6. The number of hydrogen-bond acceptors (Lipinski definition) is 6. The van der Waals surface area contributed by atoms with Crippen LogP contribution in [0.1, 0.15) is 16.7 Å². The lowest BCUT2D eigenvalue weighted by atomic mass is 10.1. The summed E-state index contributed by atoms with van der Waals surface area (Å²) in [5.74, 6) is -0.131. The Morgan fingerprint density at radius 3 is 2.49 bits per heavy atom. The van der Waals surface area contributed by atoms with E-state index in [1.165, 1.54) is 10.4 Å². The van der Waals surface area contributed by atoms with E-state index in [4.69, 9.17) is 17.0 Å². The molecule has 0 unspecified atom stereocenters. The van der Waals surface area contributed by atoms with Crippen molar-refractivity contribution in [1.82, 2.24) is 8.87 Å². The zero-order chi connectivity index (χ0) is 27.6. The second kappa shape index (κ2) is 11.2. The van der Waals surface area contributed by atoms with Crippen LogP contribution >= 0.6 is 12.2 Å². The lowest BCUT2D eigenvalue weighted by molar-refractivity contribution is 0.0730. The van der Waals surface area contributed by atoms with Crippen molar-refractivity contribution in [2.45, 2.75) is 25.3 Å². The molecule has 1 fully saturated rings. The molecule has 11 heteroatoms. The number of nitrogens with one attached hydrogen (secondary N) is 1. The molecule has 0 atom stereocenters. The fraction of sp³-hybridized carbons (Fsp3) is 0.250. The highest BCUT2D eigenvalue weighted by molar-refractivity contribution is 7.89. The van der Waals surface area contributed by atoms with Crippen LogP contribution in [-0.4, -0.2) is 53.8 Å². The van der Waals surface area contributed by atoms with Gasteiger partial charge >= 0.3 is 0 Å². The Balaban J connectivity index is 1.56. The maximum absolute atomic E-state index is 13.4. The van der Waals surface area contributed by atoms with E-state index in [1.54, 1.807) is 16.7 Å². The fourth-order valence-electron chi connectivity index (χ4n) is 4.48. The smallest absolute Gasteiger partial charge is 0.243 e. The molecule has 1 saturated heterocycles. The Morgan fingerprint density at radius 1 is 1.05 bits per heavy atom. The number of fused-ring (bicyclic) bond motifs is 1. The number of sulfonamides is 1. The summed E-state index contributed by atoms with van der Waals surface area (Å²) < 4.78 is 35.2. The molecule has 39 heavy (non-hydrogen) atoms. The number of azo groups is 1. The molecule has 2 heterocycles. The Kier molecular flexibility index (Phi) is 7.76. The van der Waals surface area contributed by atoms with Crippen molar-refractivity contribution in [3.8, 4) is 5.88 Å². The summed E-state index contributed by atoms with van der Waals surface area (Å²) >= 11 is 5.38. The molecule has 5 rings (SSSR count). The number of aryl methyl sites for hydroxylation is 2. The van der Waals surface area contributed by atoms with Gasteiger partial charge in [-0.25, -0.2) is 8.42 Å². The zero-order valence-electron chi connectivity index (χ0n) is 21.7. The van der Waals surface area contributed by atoms with Crippen molar-refractivity contribution >= 4 is 49.6 Å². The van der Waals surface area contributed by atoms with Gasteiger partial charge in [-0.3, -0.25) is 0 Å². The van der Waals surface area contributed by atoms with Crippen LogP contribution in [0.5, 0.6) is 5.88 Å². The Labute approximate surface area is 232 Å². The highest BCUT2D eigenvalue weighted by Gasteiger charge is 2.28. The summed E-state index contributed by atoms with van der Waals surface area (Å²) in [6.07, 6.45) is 0. The normalized spacial score (nSPS) is 14.7. The average molecular weight is 564 g/mol. The SMILES string of the molecule is Cc1ccc(Cn2c(O)c(N=NC(=S)Nc3ccccc3C)c3cc(S(=O)(=O)N4CCOCC4)ccc32)cc1. The van der Waals surface area contributed by atoms with Gasteiger partial charge < -0.3 is 19.7 Å². The largest absolute Gasteiger partial charge is 0.493 e. The molecule has 0 amide bonds. The molecule has 1 aromatic heterocycles. The molecule has 3 aromatic carbocycles. The number of para-hydroxylation sites is 1. The van der Waals surface area contributed by atoms with Crippen LogP contribution in [0.25, 0.3) is 10.9 Å². The lowest BCUT2D eigenvalue weighted by Gasteiger charge is -2.26. The van der Waals surface area contributed by atoms with Crippen molar-refractivity contribution in [1.29, 1.82) is 0 Å². The molecule has 0 aliphatic carbocycles. The molecule has 0 radical (unpaired) electrons. The minimum Gasteiger partial charge on any atom is -0.493 e. The summed E-state index contributed by atoms with van der Waals surface area (Å²) in [5.41, 5.74) is 4.66. The van der Waals surface area contributed by atoms with E-state index in [-0.39, 0.29) is 34.7 Å². The van der Waals surface area contributed by atoms with Gasteiger partial charge in [0.05, 0.1) is 30.2 Å². The van der Waals surface area contributed by atoms with Crippen LogP contribution in [0.4, 0.5) is 11.4 Å². The number of benzene rings is 3. The summed E-state index contributed by atoms with van der Waals surface area (Å²) in [5, 5.41) is 23.3. The average Bonchev–Trinajstić information content (AvgIpc) is 3.20. The van der Waals surface area contributed by atoms with Gasteiger partial charge in [0.15, 0.2) is 5.69 Å². The van der Waals surface area contributed by atoms with Gasteiger partial charge in [-0.2, -0.15) is 4.31 Å². The molecule has 0 spiro atoms. The Bertz CT molecular complexity index is 1660. The molecule has 0 saturated carbocycles. The summed E-state index contributed by atoms with van der Waals surface area (Å²) in [6.45, 7) is 5.58. The van der Waals surface area contributed by atoms with Gasteiger partial charge in [0.25, 0.3) is 0 Å². The van der Waals surface area contributed by atoms with Crippen LogP contribution in [0.2, 0.25) is 0 Å². The number of morpholine rings is 1. The third-order valence-electron chi connectivity index (χ3n) is 6.68.